The van der Waals surface area contributed by atoms with E-state index in [1.165, 1.54) is 24.3 Å². The van der Waals surface area contributed by atoms with Crippen LogP contribution in [0.5, 0.6) is 0 Å². The van der Waals surface area contributed by atoms with Crippen molar-refractivity contribution in [3.63, 3.8) is 0 Å². The average Bonchev–Trinajstić information content (AvgIpc) is 3.04. The van der Waals surface area contributed by atoms with Crippen LogP contribution < -0.4 is 10.0 Å². The molecule has 2 aromatic rings. The molecule has 3 amide bonds. The highest BCUT2D eigenvalue weighted by atomic mass is 32.2. The van der Waals surface area contributed by atoms with E-state index in [0.29, 0.717) is 11.3 Å². The summed E-state index contributed by atoms with van der Waals surface area (Å²) in [6, 6.07) is 12.6. The van der Waals surface area contributed by atoms with E-state index in [1.54, 1.807) is 30.3 Å². The largest absolute Gasteiger partial charge is 0.481 e. The van der Waals surface area contributed by atoms with Crippen molar-refractivity contribution in [2.75, 3.05) is 4.90 Å². The summed E-state index contributed by atoms with van der Waals surface area (Å²) in [7, 11) is -3.90. The number of benzene rings is 2. The standard InChI is InChI=1S/C21H21N3O7S/c22-32(30,31)16-8-6-14(7-9-16)13-23(18(25)10-11-20(27)28)17-12-19(26)24(21(17)29)15-4-2-1-3-5-15/h1-9,17H,10-13H2,(H,27,28)(H2,22,30,31)/t17-/m0/s1. The smallest absolute Gasteiger partial charge is 0.303 e. The fourth-order valence-electron chi connectivity index (χ4n) is 3.42. The zero-order valence-electron chi connectivity index (χ0n) is 16.9. The number of nitrogens with two attached hydrogens (primary N) is 1. The van der Waals surface area contributed by atoms with E-state index in [0.717, 1.165) is 9.80 Å². The summed E-state index contributed by atoms with van der Waals surface area (Å²) in [6.45, 7) is -0.115. The number of imide groups is 1. The molecule has 0 bridgehead atoms. The van der Waals surface area contributed by atoms with Crippen LogP contribution in [0.25, 0.3) is 0 Å². The quantitative estimate of drug-likeness (QED) is 0.555. The Kier molecular flexibility index (Phi) is 6.70. The summed E-state index contributed by atoms with van der Waals surface area (Å²) in [6.07, 6.45) is -1.04. The second kappa shape index (κ2) is 9.28. The van der Waals surface area contributed by atoms with Gasteiger partial charge in [-0.05, 0) is 29.8 Å². The highest BCUT2D eigenvalue weighted by Crippen LogP contribution is 2.27. The second-order valence-electron chi connectivity index (χ2n) is 7.23. The van der Waals surface area contributed by atoms with Gasteiger partial charge in [-0.25, -0.2) is 18.5 Å². The van der Waals surface area contributed by atoms with Crippen LogP contribution in [0.2, 0.25) is 0 Å². The van der Waals surface area contributed by atoms with Gasteiger partial charge in [0.1, 0.15) is 6.04 Å². The van der Waals surface area contributed by atoms with Gasteiger partial charge < -0.3 is 10.0 Å². The first-order chi connectivity index (χ1) is 15.1. The van der Waals surface area contributed by atoms with Crippen molar-refractivity contribution in [3.8, 4) is 0 Å². The van der Waals surface area contributed by atoms with Gasteiger partial charge in [0.15, 0.2) is 0 Å². The van der Waals surface area contributed by atoms with Gasteiger partial charge in [0.2, 0.25) is 21.8 Å². The maximum absolute atomic E-state index is 13.1. The first-order valence-electron chi connectivity index (χ1n) is 9.63. The number of carboxylic acid groups (broad SMARTS) is 1. The first kappa shape index (κ1) is 23.1. The minimum absolute atomic E-state index is 0.115. The highest BCUT2D eigenvalue weighted by Gasteiger charge is 2.44. The molecule has 168 valence electrons. The van der Waals surface area contributed by atoms with Gasteiger partial charge in [0.05, 0.1) is 23.4 Å². The minimum atomic E-state index is -3.90. The van der Waals surface area contributed by atoms with Crippen LogP contribution in [0.15, 0.2) is 59.5 Å². The summed E-state index contributed by atoms with van der Waals surface area (Å²) in [5, 5.41) is 14.0. The van der Waals surface area contributed by atoms with Crippen LogP contribution in [0.4, 0.5) is 5.69 Å². The molecule has 1 aliphatic heterocycles. The number of hydrogen-bond donors (Lipinski definition) is 2. The molecular weight excluding hydrogens is 438 g/mol. The van der Waals surface area contributed by atoms with E-state index in [2.05, 4.69) is 0 Å². The Labute approximate surface area is 184 Å². The third-order valence-electron chi connectivity index (χ3n) is 4.99. The molecule has 3 N–H and O–H groups in total. The number of aliphatic carboxylic acids is 1. The Morgan fingerprint density at radius 2 is 1.66 bits per heavy atom. The van der Waals surface area contributed by atoms with Crippen LogP contribution in [0.1, 0.15) is 24.8 Å². The van der Waals surface area contributed by atoms with Crippen LogP contribution in [-0.4, -0.2) is 48.2 Å². The lowest BCUT2D eigenvalue weighted by Crippen LogP contribution is -2.45. The molecule has 0 aromatic heterocycles. The van der Waals surface area contributed by atoms with E-state index in [9.17, 15) is 27.6 Å². The Hall–Kier alpha value is -3.57. The number of primary sulfonamides is 1. The van der Waals surface area contributed by atoms with E-state index in [4.69, 9.17) is 10.2 Å². The molecule has 0 saturated carbocycles. The summed E-state index contributed by atoms with van der Waals surface area (Å²) in [4.78, 5) is 51.5. The molecule has 0 aliphatic carbocycles. The van der Waals surface area contributed by atoms with Gasteiger partial charge in [-0.1, -0.05) is 30.3 Å². The van der Waals surface area contributed by atoms with E-state index < -0.39 is 46.2 Å². The number of amides is 3. The summed E-state index contributed by atoms with van der Waals surface area (Å²) >= 11 is 0. The molecule has 0 unspecified atom stereocenters. The van der Waals surface area contributed by atoms with Gasteiger partial charge in [0, 0.05) is 13.0 Å². The molecule has 1 aliphatic rings. The SMILES string of the molecule is NS(=O)(=O)c1ccc(CN(C(=O)CCC(=O)O)[C@H]2CC(=O)N(c3ccccc3)C2=O)cc1. The first-order valence-corrected chi connectivity index (χ1v) is 11.2. The van der Waals surface area contributed by atoms with Crippen LogP contribution in [0, 0.1) is 0 Å². The maximum Gasteiger partial charge on any atom is 0.303 e. The third-order valence-corrected chi connectivity index (χ3v) is 5.92. The maximum atomic E-state index is 13.1. The van der Waals surface area contributed by atoms with Crippen molar-refractivity contribution in [3.05, 3.63) is 60.2 Å². The molecule has 3 rings (SSSR count). The highest BCUT2D eigenvalue weighted by molar-refractivity contribution is 7.89. The van der Waals surface area contributed by atoms with Gasteiger partial charge >= 0.3 is 5.97 Å². The zero-order valence-corrected chi connectivity index (χ0v) is 17.7. The van der Waals surface area contributed by atoms with Crippen molar-refractivity contribution in [2.24, 2.45) is 5.14 Å². The number of hydrogen-bond acceptors (Lipinski definition) is 6. The number of sulfonamides is 1. The molecule has 10 nitrogen and oxygen atoms in total. The molecule has 32 heavy (non-hydrogen) atoms. The Morgan fingerprint density at radius 1 is 1.03 bits per heavy atom. The molecule has 1 saturated heterocycles. The fourth-order valence-corrected chi connectivity index (χ4v) is 3.93. The van der Waals surface area contributed by atoms with Crippen molar-refractivity contribution < 1.29 is 32.7 Å². The normalized spacial score (nSPS) is 16.3. The number of para-hydroxylation sites is 1. The molecular formula is C21H21N3O7S. The number of rotatable bonds is 8. The van der Waals surface area contributed by atoms with Crippen LogP contribution >= 0.6 is 0 Å². The number of anilines is 1. The van der Waals surface area contributed by atoms with Crippen molar-refractivity contribution >= 4 is 39.4 Å². The molecule has 1 heterocycles. The van der Waals surface area contributed by atoms with E-state index in [-0.39, 0.29) is 24.3 Å². The van der Waals surface area contributed by atoms with Gasteiger partial charge in [0.25, 0.3) is 5.91 Å². The van der Waals surface area contributed by atoms with Crippen molar-refractivity contribution in [2.45, 2.75) is 36.7 Å². The number of carbonyl (C=O) groups is 4. The number of nitrogens with zero attached hydrogens (tertiary/aromatic N) is 2. The lowest BCUT2D eigenvalue weighted by atomic mass is 10.1. The monoisotopic (exact) mass is 459 g/mol. The Balaban J connectivity index is 1.89. The van der Waals surface area contributed by atoms with E-state index in [1.807, 2.05) is 0 Å². The topological polar surface area (TPSA) is 155 Å². The van der Waals surface area contributed by atoms with Crippen molar-refractivity contribution in [1.29, 1.82) is 0 Å². The van der Waals surface area contributed by atoms with Crippen LogP contribution in [-0.2, 0) is 35.7 Å². The third kappa shape index (κ3) is 5.18. The van der Waals surface area contributed by atoms with Crippen molar-refractivity contribution in [1.82, 2.24) is 4.90 Å². The van der Waals surface area contributed by atoms with Gasteiger partial charge in [-0.15, -0.1) is 0 Å². The van der Waals surface area contributed by atoms with Gasteiger partial charge in [-0.2, -0.15) is 0 Å². The van der Waals surface area contributed by atoms with E-state index >= 15 is 0 Å². The Bertz CT molecular complexity index is 1150. The zero-order chi connectivity index (χ0) is 23.5. The molecule has 0 spiro atoms. The lowest BCUT2D eigenvalue weighted by molar-refractivity contribution is -0.143. The van der Waals surface area contributed by atoms with Gasteiger partial charge in [-0.3, -0.25) is 19.2 Å². The molecule has 1 atom stereocenters. The lowest BCUT2D eigenvalue weighted by Gasteiger charge is -2.28. The summed E-state index contributed by atoms with van der Waals surface area (Å²) in [5.74, 6) is -2.85. The molecule has 0 radical (unpaired) electrons. The molecule has 11 heteroatoms. The van der Waals surface area contributed by atoms with Crippen LogP contribution in [0.3, 0.4) is 0 Å². The predicted octanol–water partition coefficient (Wildman–Crippen LogP) is 0.860. The predicted molar refractivity (Wildman–Crippen MR) is 113 cm³/mol. The summed E-state index contributed by atoms with van der Waals surface area (Å²) in [5.41, 5.74) is 0.861. The number of carboxylic acids is 1. The summed E-state index contributed by atoms with van der Waals surface area (Å²) < 4.78 is 22.9. The average molecular weight is 459 g/mol. The fraction of sp³-hybridized carbons (Fsp3) is 0.238. The Morgan fingerprint density at radius 3 is 2.22 bits per heavy atom. The minimum Gasteiger partial charge on any atom is -0.481 e. The molecule has 2 aromatic carbocycles. The molecule has 1 fully saturated rings. The second-order valence-corrected chi connectivity index (χ2v) is 8.79. The number of carbonyl (C=O) groups excluding carboxylic acids is 3.